The normalized spacial score (nSPS) is 10.6. The van der Waals surface area contributed by atoms with Crippen molar-refractivity contribution in [3.63, 3.8) is 0 Å². The lowest BCUT2D eigenvalue weighted by Crippen LogP contribution is -1.94. The summed E-state index contributed by atoms with van der Waals surface area (Å²) in [5, 5.41) is 8.21. The highest BCUT2D eigenvalue weighted by atomic mass is 19.1. The monoisotopic (exact) mass is 253 g/mol. The molecule has 0 unspecified atom stereocenters. The van der Waals surface area contributed by atoms with E-state index in [1.165, 1.54) is 12.1 Å². The first-order valence-corrected chi connectivity index (χ1v) is 5.98. The third-order valence-electron chi connectivity index (χ3n) is 2.90. The molecule has 0 saturated carbocycles. The van der Waals surface area contributed by atoms with E-state index in [1.54, 1.807) is 16.8 Å². The Labute approximate surface area is 110 Å². The Morgan fingerprint density at radius 1 is 1.05 bits per heavy atom. The smallest absolute Gasteiger partial charge is 0.123 e. The largest absolute Gasteiger partial charge is 0.220 e. The van der Waals surface area contributed by atoms with Crippen LogP contribution in [-0.4, -0.2) is 15.0 Å². The molecule has 3 nitrogen and oxygen atoms in total. The molecule has 4 heteroatoms. The molecule has 0 aliphatic heterocycles. The van der Waals surface area contributed by atoms with Gasteiger partial charge in [-0.15, -0.1) is 5.10 Å². The van der Waals surface area contributed by atoms with Crippen LogP contribution in [0.1, 0.15) is 5.56 Å². The maximum atomic E-state index is 12.9. The Morgan fingerprint density at radius 2 is 1.84 bits per heavy atom. The molecular formula is C15H12FN3. The van der Waals surface area contributed by atoms with Gasteiger partial charge in [0.1, 0.15) is 11.5 Å². The van der Waals surface area contributed by atoms with Crippen molar-refractivity contribution in [1.82, 2.24) is 15.0 Å². The number of rotatable bonds is 2. The highest BCUT2D eigenvalue weighted by molar-refractivity contribution is 5.58. The summed E-state index contributed by atoms with van der Waals surface area (Å²) in [6.07, 6.45) is 1.84. The summed E-state index contributed by atoms with van der Waals surface area (Å²) in [7, 11) is 0. The van der Waals surface area contributed by atoms with Crippen LogP contribution in [0.4, 0.5) is 4.39 Å². The fourth-order valence-electron chi connectivity index (χ4n) is 1.91. The second-order valence-electron chi connectivity index (χ2n) is 4.39. The van der Waals surface area contributed by atoms with Gasteiger partial charge in [-0.25, -0.2) is 9.07 Å². The molecule has 0 aliphatic rings. The Hall–Kier alpha value is -2.49. The second-order valence-corrected chi connectivity index (χ2v) is 4.39. The molecule has 19 heavy (non-hydrogen) atoms. The van der Waals surface area contributed by atoms with Gasteiger partial charge in [0.2, 0.25) is 0 Å². The zero-order valence-electron chi connectivity index (χ0n) is 10.4. The molecule has 3 rings (SSSR count). The maximum Gasteiger partial charge on any atom is 0.123 e. The predicted octanol–water partition coefficient (Wildman–Crippen LogP) is 3.38. The minimum Gasteiger partial charge on any atom is -0.220 e. The number of benzene rings is 2. The summed E-state index contributed by atoms with van der Waals surface area (Å²) in [4.78, 5) is 0. The first-order valence-electron chi connectivity index (χ1n) is 5.98. The second kappa shape index (κ2) is 4.65. The van der Waals surface area contributed by atoms with Crippen molar-refractivity contribution < 1.29 is 4.39 Å². The van der Waals surface area contributed by atoms with Gasteiger partial charge >= 0.3 is 0 Å². The molecule has 0 saturated heterocycles. The van der Waals surface area contributed by atoms with Gasteiger partial charge in [0, 0.05) is 5.56 Å². The van der Waals surface area contributed by atoms with Crippen molar-refractivity contribution in [2.45, 2.75) is 6.92 Å². The van der Waals surface area contributed by atoms with E-state index < -0.39 is 0 Å². The molecule has 0 N–H and O–H groups in total. The average molecular weight is 253 g/mol. The number of aryl methyl sites for hydroxylation is 1. The summed E-state index contributed by atoms with van der Waals surface area (Å²) in [6, 6.07) is 14.2. The van der Waals surface area contributed by atoms with Gasteiger partial charge in [-0.1, -0.05) is 17.3 Å². The molecule has 0 bridgehead atoms. The van der Waals surface area contributed by atoms with Gasteiger partial charge in [-0.2, -0.15) is 0 Å². The van der Waals surface area contributed by atoms with Crippen molar-refractivity contribution >= 4 is 0 Å². The summed E-state index contributed by atoms with van der Waals surface area (Å²) in [6.45, 7) is 2.03. The molecule has 0 radical (unpaired) electrons. The topological polar surface area (TPSA) is 30.7 Å². The standard InChI is InChI=1S/C15H12FN3/c1-11-3-2-4-14(9-11)19-10-15(17-18-19)12-5-7-13(16)8-6-12/h2-10H,1H3. The van der Waals surface area contributed by atoms with Crippen LogP contribution in [0.3, 0.4) is 0 Å². The molecule has 0 spiro atoms. The minimum atomic E-state index is -0.255. The van der Waals surface area contributed by atoms with E-state index in [-0.39, 0.29) is 5.82 Å². The SMILES string of the molecule is Cc1cccc(-n2cc(-c3ccc(F)cc3)nn2)c1. The molecule has 94 valence electrons. The number of aromatic nitrogens is 3. The maximum absolute atomic E-state index is 12.9. The molecule has 1 heterocycles. The van der Waals surface area contributed by atoms with Crippen molar-refractivity contribution in [2.24, 2.45) is 0 Å². The Kier molecular flexibility index (Phi) is 2.83. The minimum absolute atomic E-state index is 0.255. The van der Waals surface area contributed by atoms with Crippen LogP contribution < -0.4 is 0 Å². The number of nitrogens with zero attached hydrogens (tertiary/aromatic N) is 3. The van der Waals surface area contributed by atoms with Gasteiger partial charge in [0.15, 0.2) is 0 Å². The molecule has 1 aromatic heterocycles. The molecule has 3 aromatic rings. The van der Waals surface area contributed by atoms with Gasteiger partial charge in [-0.05, 0) is 48.9 Å². The van der Waals surface area contributed by atoms with E-state index >= 15 is 0 Å². The van der Waals surface area contributed by atoms with Gasteiger partial charge < -0.3 is 0 Å². The Bertz CT molecular complexity index is 701. The van der Waals surface area contributed by atoms with Crippen LogP contribution in [0, 0.1) is 12.7 Å². The molecule has 0 aliphatic carbocycles. The third kappa shape index (κ3) is 2.38. The number of hydrogen-bond donors (Lipinski definition) is 0. The van der Waals surface area contributed by atoms with Crippen molar-refractivity contribution in [3.8, 4) is 16.9 Å². The Morgan fingerprint density at radius 3 is 2.58 bits per heavy atom. The number of halogens is 1. The summed E-state index contributed by atoms with van der Waals surface area (Å²) < 4.78 is 14.6. The fraction of sp³-hybridized carbons (Fsp3) is 0.0667. The van der Waals surface area contributed by atoms with Crippen LogP contribution >= 0.6 is 0 Å². The molecule has 0 atom stereocenters. The first kappa shape index (κ1) is 11.6. The van der Waals surface area contributed by atoms with Gasteiger partial charge in [-0.3, -0.25) is 0 Å². The number of hydrogen-bond acceptors (Lipinski definition) is 2. The highest BCUT2D eigenvalue weighted by Gasteiger charge is 2.05. The van der Waals surface area contributed by atoms with E-state index in [0.717, 1.165) is 22.5 Å². The van der Waals surface area contributed by atoms with E-state index in [4.69, 9.17) is 0 Å². The summed E-state index contributed by atoms with van der Waals surface area (Å²) >= 11 is 0. The van der Waals surface area contributed by atoms with Gasteiger partial charge in [0.25, 0.3) is 0 Å². The molecule has 0 amide bonds. The summed E-state index contributed by atoms with van der Waals surface area (Å²) in [5.74, 6) is -0.255. The lowest BCUT2D eigenvalue weighted by Gasteiger charge is -2.00. The molecule has 2 aromatic carbocycles. The van der Waals surface area contributed by atoms with Crippen LogP contribution in [0.5, 0.6) is 0 Å². The zero-order chi connectivity index (χ0) is 13.2. The molecular weight excluding hydrogens is 241 g/mol. The van der Waals surface area contributed by atoms with Crippen LogP contribution in [-0.2, 0) is 0 Å². The van der Waals surface area contributed by atoms with E-state index in [1.807, 2.05) is 37.4 Å². The Balaban J connectivity index is 1.97. The van der Waals surface area contributed by atoms with Crippen LogP contribution in [0.2, 0.25) is 0 Å². The van der Waals surface area contributed by atoms with E-state index in [2.05, 4.69) is 10.3 Å². The van der Waals surface area contributed by atoms with Crippen molar-refractivity contribution in [3.05, 3.63) is 66.1 Å². The highest BCUT2D eigenvalue weighted by Crippen LogP contribution is 2.18. The average Bonchev–Trinajstić information content (AvgIpc) is 2.89. The van der Waals surface area contributed by atoms with Crippen molar-refractivity contribution in [1.29, 1.82) is 0 Å². The van der Waals surface area contributed by atoms with Crippen LogP contribution in [0.25, 0.3) is 16.9 Å². The fourth-order valence-corrected chi connectivity index (χ4v) is 1.91. The molecule has 0 fully saturated rings. The lowest BCUT2D eigenvalue weighted by molar-refractivity contribution is 0.628. The quantitative estimate of drug-likeness (QED) is 0.701. The third-order valence-corrected chi connectivity index (χ3v) is 2.90. The van der Waals surface area contributed by atoms with Crippen LogP contribution in [0.15, 0.2) is 54.7 Å². The summed E-state index contributed by atoms with van der Waals surface area (Å²) in [5.41, 5.74) is 3.69. The van der Waals surface area contributed by atoms with E-state index in [9.17, 15) is 4.39 Å². The van der Waals surface area contributed by atoms with E-state index in [0.29, 0.717) is 0 Å². The zero-order valence-corrected chi connectivity index (χ0v) is 10.4. The predicted molar refractivity (Wildman–Crippen MR) is 71.5 cm³/mol. The van der Waals surface area contributed by atoms with Crippen molar-refractivity contribution in [2.75, 3.05) is 0 Å². The lowest BCUT2D eigenvalue weighted by atomic mass is 10.2. The first-order chi connectivity index (χ1) is 9.22. The van der Waals surface area contributed by atoms with Gasteiger partial charge in [0.05, 0.1) is 11.9 Å².